The van der Waals surface area contributed by atoms with Crippen molar-refractivity contribution in [1.82, 2.24) is 5.32 Å². The van der Waals surface area contributed by atoms with E-state index >= 15 is 0 Å². The summed E-state index contributed by atoms with van der Waals surface area (Å²) in [5.41, 5.74) is 4.22. The van der Waals surface area contributed by atoms with Gasteiger partial charge in [0.1, 0.15) is 0 Å². The Bertz CT molecular complexity index is 913. The first kappa shape index (κ1) is 21.8. The lowest BCUT2D eigenvalue weighted by atomic mass is 10.1. The molecule has 1 unspecified atom stereocenters. The van der Waals surface area contributed by atoms with Gasteiger partial charge in [0.05, 0.1) is 19.3 Å². The number of hydrogen-bond donors (Lipinski definition) is 1. The van der Waals surface area contributed by atoms with Crippen molar-refractivity contribution in [2.75, 3.05) is 18.5 Å². The van der Waals surface area contributed by atoms with Gasteiger partial charge in [-0.25, -0.2) is 0 Å². The minimum atomic E-state index is 0.0214. The zero-order valence-electron chi connectivity index (χ0n) is 17.8. The fraction of sp³-hybridized carbons (Fsp3) is 0.269. The van der Waals surface area contributed by atoms with Gasteiger partial charge in [-0.15, -0.1) is 0 Å². The van der Waals surface area contributed by atoms with Crippen LogP contribution < -0.4 is 10.2 Å². The van der Waals surface area contributed by atoms with E-state index in [1.165, 1.54) is 5.56 Å². The molecule has 30 heavy (non-hydrogen) atoms. The van der Waals surface area contributed by atoms with E-state index in [-0.39, 0.29) is 12.0 Å². The summed E-state index contributed by atoms with van der Waals surface area (Å²) < 4.78 is 6.29. The maximum atomic E-state index is 12.3. The van der Waals surface area contributed by atoms with Crippen molar-refractivity contribution >= 4 is 11.6 Å². The van der Waals surface area contributed by atoms with Crippen molar-refractivity contribution in [1.29, 1.82) is 0 Å². The highest BCUT2D eigenvalue weighted by Crippen LogP contribution is 2.24. The average molecular weight is 403 g/mol. The van der Waals surface area contributed by atoms with Crippen LogP contribution in [0.1, 0.15) is 36.1 Å². The molecule has 0 aliphatic heterocycles. The third-order valence-corrected chi connectivity index (χ3v) is 5.06. The fourth-order valence-corrected chi connectivity index (χ4v) is 3.45. The summed E-state index contributed by atoms with van der Waals surface area (Å²) in [5, 5.41) is 3.20. The average Bonchev–Trinajstić information content (AvgIpc) is 2.79. The Kier molecular flexibility index (Phi) is 8.19. The lowest BCUT2D eigenvalue weighted by Gasteiger charge is -2.23. The predicted octanol–water partition coefficient (Wildman–Crippen LogP) is 5.11. The molecule has 1 N–H and O–H groups in total. The van der Waals surface area contributed by atoms with Crippen molar-refractivity contribution in [2.24, 2.45) is 0 Å². The van der Waals surface area contributed by atoms with E-state index in [4.69, 9.17) is 4.74 Å². The Balaban J connectivity index is 1.72. The summed E-state index contributed by atoms with van der Waals surface area (Å²) in [6.07, 6.45) is 0.920. The maximum absolute atomic E-state index is 12.3. The number of carbonyl (C=O) groups excluding carboxylic acids is 1. The highest BCUT2D eigenvalue weighted by Gasteiger charge is 2.14. The second-order valence-electron chi connectivity index (χ2n) is 7.36. The number of rotatable bonds is 10. The van der Waals surface area contributed by atoms with Crippen LogP contribution in [-0.4, -0.2) is 19.5 Å². The van der Waals surface area contributed by atoms with Gasteiger partial charge in [-0.3, -0.25) is 4.79 Å². The Labute approximate surface area is 179 Å². The van der Waals surface area contributed by atoms with Crippen molar-refractivity contribution in [3.05, 3.63) is 102 Å². The van der Waals surface area contributed by atoms with Crippen LogP contribution in [0.5, 0.6) is 0 Å². The van der Waals surface area contributed by atoms with E-state index in [0.29, 0.717) is 13.2 Å². The first-order valence-corrected chi connectivity index (χ1v) is 10.4. The van der Waals surface area contributed by atoms with Crippen molar-refractivity contribution in [3.63, 3.8) is 0 Å². The lowest BCUT2D eigenvalue weighted by molar-refractivity contribution is -0.116. The Morgan fingerprint density at radius 3 is 2.27 bits per heavy atom. The number of anilines is 1. The molecule has 0 bridgehead atoms. The molecule has 0 heterocycles. The van der Waals surface area contributed by atoms with Crippen LogP contribution in [0.25, 0.3) is 0 Å². The first-order chi connectivity index (χ1) is 14.7. The smallest absolute Gasteiger partial charge is 0.224 e. The molecule has 0 aromatic heterocycles. The number of hydrogen-bond acceptors (Lipinski definition) is 3. The molecule has 3 aromatic carbocycles. The molecule has 4 heteroatoms. The monoisotopic (exact) mass is 402 g/mol. The normalized spacial score (nSPS) is 11.8. The largest absolute Gasteiger partial charge is 0.369 e. The molecule has 156 valence electrons. The third-order valence-electron chi connectivity index (χ3n) is 5.06. The Morgan fingerprint density at radius 2 is 1.60 bits per heavy atom. The highest BCUT2D eigenvalue weighted by molar-refractivity contribution is 5.91. The number of benzene rings is 3. The first-order valence-electron chi connectivity index (χ1n) is 10.4. The van der Waals surface area contributed by atoms with E-state index < -0.39 is 0 Å². The fourth-order valence-electron chi connectivity index (χ4n) is 3.45. The molecule has 0 aliphatic rings. The number of ether oxygens (including phenoxy) is 1. The van der Waals surface area contributed by atoms with Gasteiger partial charge in [-0.05, 0) is 48.8 Å². The summed E-state index contributed by atoms with van der Waals surface area (Å²) in [6, 6.07) is 28.4. The van der Waals surface area contributed by atoms with E-state index in [2.05, 4.69) is 17.4 Å². The molecule has 3 rings (SSSR count). The molecule has 0 aliphatic carbocycles. The molecule has 0 fully saturated rings. The van der Waals surface area contributed by atoms with Gasteiger partial charge < -0.3 is 15.0 Å². The van der Waals surface area contributed by atoms with E-state index in [1.54, 1.807) is 11.8 Å². The summed E-state index contributed by atoms with van der Waals surface area (Å²) in [7, 11) is 1.95. The van der Waals surface area contributed by atoms with Gasteiger partial charge in [-0.2, -0.15) is 0 Å². The van der Waals surface area contributed by atoms with Gasteiger partial charge in [-0.1, -0.05) is 72.8 Å². The van der Waals surface area contributed by atoms with Crippen LogP contribution >= 0.6 is 0 Å². The molecular weight excluding hydrogens is 372 g/mol. The number of carbonyl (C=O) groups is 1. The molecule has 0 spiro atoms. The minimum Gasteiger partial charge on any atom is -0.369 e. The van der Waals surface area contributed by atoms with Crippen LogP contribution in [0.3, 0.4) is 0 Å². The Morgan fingerprint density at radius 1 is 0.933 bits per heavy atom. The predicted molar refractivity (Wildman–Crippen MR) is 122 cm³/mol. The molecule has 0 saturated carbocycles. The quantitative estimate of drug-likeness (QED) is 0.513. The molecule has 1 amide bonds. The summed E-state index contributed by atoms with van der Waals surface area (Å²) in [4.78, 5) is 14.1. The van der Waals surface area contributed by atoms with Crippen LogP contribution in [0.2, 0.25) is 0 Å². The number of nitrogens with one attached hydrogen (secondary N) is 1. The molecule has 1 atom stereocenters. The summed E-state index contributed by atoms with van der Waals surface area (Å²) >= 11 is 0. The second kappa shape index (κ2) is 11.3. The summed E-state index contributed by atoms with van der Waals surface area (Å²) in [5.74, 6) is 0.0214. The van der Waals surface area contributed by atoms with E-state index in [0.717, 1.165) is 29.8 Å². The number of nitrogens with zero attached hydrogens (tertiary/aromatic N) is 1. The van der Waals surface area contributed by atoms with Crippen LogP contribution in [0.15, 0.2) is 84.9 Å². The van der Waals surface area contributed by atoms with E-state index in [9.17, 15) is 4.79 Å². The van der Waals surface area contributed by atoms with Crippen LogP contribution in [0, 0.1) is 0 Å². The van der Waals surface area contributed by atoms with Crippen molar-refractivity contribution in [3.8, 4) is 0 Å². The Hall–Kier alpha value is -2.95. The SMILES string of the molecule is CNCCC(OCc1cccc(N(Cc2ccccc2)C(C)=O)c1)c1ccccc1. The van der Waals surface area contributed by atoms with Gasteiger partial charge in [0, 0.05) is 12.6 Å². The van der Waals surface area contributed by atoms with Gasteiger partial charge in [0.15, 0.2) is 0 Å². The molecule has 0 radical (unpaired) electrons. The minimum absolute atomic E-state index is 0.0214. The zero-order valence-corrected chi connectivity index (χ0v) is 17.8. The maximum Gasteiger partial charge on any atom is 0.224 e. The second-order valence-corrected chi connectivity index (χ2v) is 7.36. The summed E-state index contributed by atoms with van der Waals surface area (Å²) in [6.45, 7) is 3.54. The molecule has 0 saturated heterocycles. The van der Waals surface area contributed by atoms with Crippen molar-refractivity contribution < 1.29 is 9.53 Å². The number of amides is 1. The van der Waals surface area contributed by atoms with Gasteiger partial charge >= 0.3 is 0 Å². The topological polar surface area (TPSA) is 41.6 Å². The van der Waals surface area contributed by atoms with Crippen LogP contribution in [-0.2, 0) is 22.7 Å². The molecule has 4 nitrogen and oxygen atoms in total. The third kappa shape index (κ3) is 6.28. The highest BCUT2D eigenvalue weighted by atomic mass is 16.5. The van der Waals surface area contributed by atoms with Gasteiger partial charge in [0.25, 0.3) is 0 Å². The standard InChI is InChI=1S/C26H30N2O2/c1-21(29)28(19-22-10-5-3-6-11-22)25-15-9-12-23(18-25)20-30-26(16-17-27-2)24-13-7-4-8-14-24/h3-15,18,26-27H,16-17,19-20H2,1-2H3. The van der Waals surface area contributed by atoms with Crippen LogP contribution in [0.4, 0.5) is 5.69 Å². The van der Waals surface area contributed by atoms with Crippen molar-refractivity contribution in [2.45, 2.75) is 32.6 Å². The molecular formula is C26H30N2O2. The lowest BCUT2D eigenvalue weighted by Crippen LogP contribution is -2.27. The van der Waals surface area contributed by atoms with E-state index in [1.807, 2.05) is 79.8 Å². The molecule has 3 aromatic rings. The van der Waals surface area contributed by atoms with Gasteiger partial charge in [0.2, 0.25) is 5.91 Å². The zero-order chi connectivity index (χ0) is 21.2.